The summed E-state index contributed by atoms with van der Waals surface area (Å²) in [6.45, 7) is 40.0. The Labute approximate surface area is 375 Å². The highest BCUT2D eigenvalue weighted by atomic mass is 28.4. The van der Waals surface area contributed by atoms with Crippen molar-refractivity contribution in [2.75, 3.05) is 13.2 Å². The lowest BCUT2D eigenvalue weighted by Crippen LogP contribution is -2.48. The van der Waals surface area contributed by atoms with Crippen molar-refractivity contribution >= 4 is 30.5 Å². The molecule has 2 aromatic carbocycles. The summed E-state index contributed by atoms with van der Waals surface area (Å²) < 4.78 is 39.6. The van der Waals surface area contributed by atoms with E-state index in [0.29, 0.717) is 45.7 Å². The van der Waals surface area contributed by atoms with Crippen LogP contribution in [0.15, 0.2) is 71.9 Å². The van der Waals surface area contributed by atoms with Gasteiger partial charge < -0.3 is 27.8 Å². The molecule has 10 heteroatoms. The molecule has 1 heterocycles. The van der Waals surface area contributed by atoms with Crippen LogP contribution < -0.4 is 0 Å². The number of hydrogen-bond donors (Lipinski definition) is 0. The second-order valence-corrected chi connectivity index (χ2v) is 37.0. The third kappa shape index (κ3) is 18.1. The van der Waals surface area contributed by atoms with E-state index in [4.69, 9.17) is 27.8 Å². The number of ketones is 1. The minimum absolute atomic E-state index is 0.0498. The molecule has 7 nitrogen and oxygen atoms in total. The first-order chi connectivity index (χ1) is 28.0. The van der Waals surface area contributed by atoms with Gasteiger partial charge in [-0.3, -0.25) is 4.79 Å². The van der Waals surface area contributed by atoms with Gasteiger partial charge in [-0.15, -0.1) is 0 Å². The fourth-order valence-corrected chi connectivity index (χ4v) is 10.8. The lowest BCUT2D eigenvalue weighted by Gasteiger charge is -2.43. The molecule has 1 aliphatic rings. The minimum atomic E-state index is -2.12. The third-order valence-corrected chi connectivity index (χ3v) is 22.9. The van der Waals surface area contributed by atoms with E-state index in [9.17, 15) is 4.79 Å². The molecule has 0 aromatic heterocycles. The van der Waals surface area contributed by atoms with E-state index in [2.05, 4.69) is 129 Å². The number of benzene rings is 2. The van der Waals surface area contributed by atoms with Gasteiger partial charge in [0.2, 0.25) is 5.78 Å². The van der Waals surface area contributed by atoms with Gasteiger partial charge in [0.05, 0.1) is 57.7 Å². The molecule has 61 heavy (non-hydrogen) atoms. The minimum Gasteiger partial charge on any atom is -0.414 e. The average Bonchev–Trinajstić information content (AvgIpc) is 3.12. The highest BCUT2D eigenvalue weighted by Crippen LogP contribution is 2.40. The topological polar surface area (TPSA) is 72.5 Å². The molecule has 1 fully saturated rings. The third-order valence-electron chi connectivity index (χ3n) is 12.6. The van der Waals surface area contributed by atoms with Gasteiger partial charge in [-0.1, -0.05) is 139 Å². The van der Waals surface area contributed by atoms with Crippen molar-refractivity contribution in [3.05, 3.63) is 83.1 Å². The Morgan fingerprint density at radius 2 is 1.34 bits per heavy atom. The second-order valence-electron chi connectivity index (χ2n) is 22.4. The Balaban J connectivity index is 1.84. The molecule has 1 aliphatic heterocycles. The first kappa shape index (κ1) is 53.2. The van der Waals surface area contributed by atoms with Crippen LogP contribution in [-0.2, 0) is 45.8 Å². The molecule has 0 aliphatic carbocycles. The summed E-state index contributed by atoms with van der Waals surface area (Å²) in [4.78, 5) is 14.4. The standard InChI is InChI=1S/C51H84O7Si3/c1-48(2,3)60(14,15)55-38-45(58-61(16,17)49(4,5)6)33-42(39-59(11,12)13)29-24-30-46(52)50(7,8)47(54-37-41-27-22-19-23-28-41)35-44-34-43(56-51(9,10)57-44)31-32-53-36-40-25-20-18-21-26-40/h18-23,25-28,39,43-45,47H,29,31-38H2,1-17H3/b42-39-/t43-,44+,45+,47-/m0/s1. The Hall–Kier alpha value is -2.18. The maximum absolute atomic E-state index is 14.4. The van der Waals surface area contributed by atoms with Crippen LogP contribution in [0.5, 0.6) is 0 Å². The van der Waals surface area contributed by atoms with Crippen molar-refractivity contribution < 1.29 is 32.6 Å². The first-order valence-electron chi connectivity index (χ1n) is 22.7. The number of carbonyl (C=O) groups is 1. The predicted octanol–water partition coefficient (Wildman–Crippen LogP) is 13.1. The average molecular weight is 893 g/mol. The number of hydrogen-bond acceptors (Lipinski definition) is 7. The molecule has 1 saturated heterocycles. The van der Waals surface area contributed by atoms with Crippen molar-refractivity contribution in [2.45, 2.75) is 201 Å². The quantitative estimate of drug-likeness (QED) is 0.0535. The second kappa shape index (κ2) is 22.1. The molecule has 0 saturated carbocycles. The van der Waals surface area contributed by atoms with Crippen molar-refractivity contribution in [2.24, 2.45) is 5.41 Å². The smallest absolute Gasteiger partial charge is 0.213 e. The SMILES string of the molecule is CC1(C)O[C@@H](C[C@H](OCc2ccccc2)C(C)(C)C(=O)C#CC/C(=C/[Si](C)(C)C)C[C@H](CO[Si](C)(C)C(C)(C)C)O[Si](C)(C)C(C)(C)C)C[C@H](CCOCc2ccccc2)O1. The Bertz CT molecular complexity index is 1740. The molecule has 0 N–H and O–H groups in total. The fourth-order valence-electron chi connectivity index (χ4n) is 6.98. The maximum atomic E-state index is 14.4. The van der Waals surface area contributed by atoms with Crippen LogP contribution in [0, 0.1) is 17.3 Å². The van der Waals surface area contributed by atoms with Gasteiger partial charge >= 0.3 is 0 Å². The highest BCUT2D eigenvalue weighted by molar-refractivity contribution is 6.81. The molecule has 342 valence electrons. The summed E-state index contributed by atoms with van der Waals surface area (Å²) in [5.74, 6) is 5.56. The Kier molecular flexibility index (Phi) is 19.3. The first-order valence-corrected chi connectivity index (χ1v) is 32.1. The summed E-state index contributed by atoms with van der Waals surface area (Å²) in [6.07, 6.45) is 2.43. The van der Waals surface area contributed by atoms with Crippen LogP contribution in [0.25, 0.3) is 0 Å². The van der Waals surface area contributed by atoms with Crippen LogP contribution in [-0.4, -0.2) is 73.9 Å². The zero-order valence-electron chi connectivity index (χ0n) is 41.4. The highest BCUT2D eigenvalue weighted by Gasteiger charge is 2.44. The summed E-state index contributed by atoms with van der Waals surface area (Å²) >= 11 is 0. The number of rotatable bonds is 21. The van der Waals surface area contributed by atoms with Crippen LogP contribution in [0.4, 0.5) is 0 Å². The molecule has 0 unspecified atom stereocenters. The lowest BCUT2D eigenvalue weighted by molar-refractivity contribution is -0.306. The number of Topliss-reactive ketones (excluding diaryl/α,β-unsaturated/α-hetero) is 1. The zero-order chi connectivity index (χ0) is 45.9. The van der Waals surface area contributed by atoms with Gasteiger partial charge in [-0.05, 0) is 93.8 Å². The lowest BCUT2D eigenvalue weighted by atomic mass is 9.78. The van der Waals surface area contributed by atoms with E-state index in [1.807, 2.05) is 64.1 Å². The Morgan fingerprint density at radius 3 is 1.89 bits per heavy atom. The molecule has 4 atom stereocenters. The van der Waals surface area contributed by atoms with Crippen LogP contribution in [0.1, 0.15) is 112 Å². The van der Waals surface area contributed by atoms with Crippen LogP contribution in [0.3, 0.4) is 0 Å². The summed E-state index contributed by atoms with van der Waals surface area (Å²) in [7, 11) is -5.79. The van der Waals surface area contributed by atoms with E-state index in [1.165, 1.54) is 5.57 Å². The molecule has 0 radical (unpaired) electrons. The molecule has 0 amide bonds. The molecular formula is C51H84O7Si3. The van der Waals surface area contributed by atoms with Gasteiger partial charge in [0.15, 0.2) is 22.4 Å². The normalized spacial score (nSPS) is 19.2. The van der Waals surface area contributed by atoms with Crippen LogP contribution in [0.2, 0.25) is 55.9 Å². The Morgan fingerprint density at radius 1 is 0.803 bits per heavy atom. The number of carbonyl (C=O) groups excluding carboxylic acids is 1. The largest absolute Gasteiger partial charge is 0.414 e. The van der Waals surface area contributed by atoms with Gasteiger partial charge in [-0.25, -0.2) is 0 Å². The summed E-state index contributed by atoms with van der Waals surface area (Å²) in [5, 5.41) is 0.157. The van der Waals surface area contributed by atoms with Gasteiger partial charge in [0.1, 0.15) is 0 Å². The van der Waals surface area contributed by atoms with Crippen LogP contribution >= 0.6 is 0 Å². The summed E-state index contributed by atoms with van der Waals surface area (Å²) in [6, 6.07) is 20.3. The monoisotopic (exact) mass is 893 g/mol. The van der Waals surface area contributed by atoms with Gasteiger partial charge in [0.25, 0.3) is 0 Å². The van der Waals surface area contributed by atoms with Crippen molar-refractivity contribution in [3.63, 3.8) is 0 Å². The van der Waals surface area contributed by atoms with Crippen molar-refractivity contribution in [1.29, 1.82) is 0 Å². The molecule has 0 spiro atoms. The molecule has 3 rings (SSSR count). The van der Waals surface area contributed by atoms with E-state index in [-0.39, 0.29) is 34.2 Å². The molecular weight excluding hydrogens is 809 g/mol. The fraction of sp³-hybridized carbons (Fsp3) is 0.667. The van der Waals surface area contributed by atoms with Crippen molar-refractivity contribution in [3.8, 4) is 11.8 Å². The maximum Gasteiger partial charge on any atom is 0.213 e. The predicted molar refractivity (Wildman–Crippen MR) is 261 cm³/mol. The molecule has 2 aromatic rings. The van der Waals surface area contributed by atoms with Gasteiger partial charge in [-0.2, -0.15) is 0 Å². The van der Waals surface area contributed by atoms with E-state index in [1.54, 1.807) is 0 Å². The van der Waals surface area contributed by atoms with E-state index < -0.39 is 42.0 Å². The van der Waals surface area contributed by atoms with E-state index >= 15 is 0 Å². The molecule has 0 bridgehead atoms. The zero-order valence-corrected chi connectivity index (χ0v) is 44.4. The van der Waals surface area contributed by atoms with Crippen molar-refractivity contribution in [1.82, 2.24) is 0 Å². The summed E-state index contributed by atoms with van der Waals surface area (Å²) in [5.41, 5.74) is 4.97. The van der Waals surface area contributed by atoms with Gasteiger partial charge in [0, 0.05) is 25.9 Å². The van der Waals surface area contributed by atoms with E-state index in [0.717, 1.165) is 24.0 Å². The number of ether oxygens (including phenoxy) is 4.